The van der Waals surface area contributed by atoms with Crippen LogP contribution in [0.15, 0.2) is 52.9 Å². The van der Waals surface area contributed by atoms with Crippen molar-refractivity contribution in [2.45, 2.75) is 30.1 Å². The van der Waals surface area contributed by atoms with Crippen LogP contribution in [0, 0.1) is 6.92 Å². The van der Waals surface area contributed by atoms with E-state index in [1.165, 1.54) is 17.5 Å². The minimum Gasteiger partial charge on any atom is -0.395 e. The normalized spacial score (nSPS) is 14.9. The van der Waals surface area contributed by atoms with E-state index in [9.17, 15) is 18.3 Å². The fraction of sp³-hybridized carbons (Fsp3) is 0.263. The molecule has 3 heterocycles. The number of hydrogen-bond donors (Lipinski definition) is 1. The van der Waals surface area contributed by atoms with Crippen LogP contribution in [0.3, 0.4) is 0 Å². The molecular weight excluding hydrogens is 398 g/mol. The van der Waals surface area contributed by atoms with Crippen molar-refractivity contribution >= 4 is 27.3 Å². The molecule has 2 aromatic heterocycles. The van der Waals surface area contributed by atoms with Gasteiger partial charge >= 0.3 is 0 Å². The van der Waals surface area contributed by atoms with E-state index in [0.717, 1.165) is 14.5 Å². The lowest BCUT2D eigenvalue weighted by Crippen LogP contribution is -2.33. The van der Waals surface area contributed by atoms with Crippen LogP contribution in [0.4, 0.5) is 0 Å². The molecule has 1 atom stereocenters. The quantitative estimate of drug-likeness (QED) is 0.686. The molecule has 4 rings (SSSR count). The van der Waals surface area contributed by atoms with Crippen molar-refractivity contribution in [1.29, 1.82) is 0 Å². The Morgan fingerprint density at radius 3 is 2.57 bits per heavy atom. The summed E-state index contributed by atoms with van der Waals surface area (Å²) in [6, 6.07) is 12.5. The summed E-state index contributed by atoms with van der Waals surface area (Å²) in [4.78, 5) is 15.4. The fourth-order valence-electron chi connectivity index (χ4n) is 3.28. The van der Waals surface area contributed by atoms with E-state index in [1.54, 1.807) is 17.0 Å². The number of amides is 1. The average molecular weight is 418 g/mol. The Hall–Kier alpha value is -2.49. The average Bonchev–Trinajstić information content (AvgIpc) is 3.37. The van der Waals surface area contributed by atoms with E-state index in [2.05, 4.69) is 5.10 Å². The first-order valence-electron chi connectivity index (χ1n) is 8.74. The second-order valence-corrected chi connectivity index (χ2v) is 9.99. The van der Waals surface area contributed by atoms with Gasteiger partial charge in [0.2, 0.25) is 5.91 Å². The van der Waals surface area contributed by atoms with Gasteiger partial charge in [-0.2, -0.15) is 17.6 Å². The van der Waals surface area contributed by atoms with Gasteiger partial charge in [0.25, 0.3) is 10.0 Å². The molecule has 1 amide bonds. The fourth-order valence-corrected chi connectivity index (χ4v) is 5.81. The summed E-state index contributed by atoms with van der Waals surface area (Å²) in [6.45, 7) is 2.06. The van der Waals surface area contributed by atoms with Crippen molar-refractivity contribution in [1.82, 2.24) is 14.1 Å². The number of rotatable bonds is 5. The Kier molecular flexibility index (Phi) is 4.82. The zero-order chi connectivity index (χ0) is 19.9. The first kappa shape index (κ1) is 18.9. The summed E-state index contributed by atoms with van der Waals surface area (Å²) >= 11 is 1.20. The molecule has 0 aliphatic carbocycles. The summed E-state index contributed by atoms with van der Waals surface area (Å²) < 4.78 is 26.6. The number of thiophene rings is 1. The number of aromatic nitrogens is 2. The van der Waals surface area contributed by atoms with E-state index in [0.29, 0.717) is 11.3 Å². The van der Waals surface area contributed by atoms with E-state index in [1.807, 2.05) is 37.3 Å². The van der Waals surface area contributed by atoms with Gasteiger partial charge in [0, 0.05) is 23.2 Å². The Morgan fingerprint density at radius 1 is 1.21 bits per heavy atom. The summed E-state index contributed by atoms with van der Waals surface area (Å²) in [6.07, 6.45) is 1.48. The van der Waals surface area contributed by atoms with Crippen molar-refractivity contribution in [2.24, 2.45) is 0 Å². The molecule has 1 aliphatic heterocycles. The Balaban J connectivity index is 1.54. The molecule has 0 saturated carbocycles. The second-order valence-electron chi connectivity index (χ2n) is 6.68. The lowest BCUT2D eigenvalue weighted by molar-refractivity contribution is -0.134. The molecule has 0 bridgehead atoms. The Labute approximate surface area is 166 Å². The van der Waals surface area contributed by atoms with Gasteiger partial charge < -0.3 is 10.0 Å². The topological polar surface area (TPSA) is 92.5 Å². The van der Waals surface area contributed by atoms with Gasteiger partial charge in [-0.1, -0.05) is 30.3 Å². The van der Waals surface area contributed by atoms with Crippen LogP contribution in [0.5, 0.6) is 0 Å². The van der Waals surface area contributed by atoms with Crippen LogP contribution in [-0.2, 0) is 27.9 Å². The zero-order valence-corrected chi connectivity index (χ0v) is 16.8. The third kappa shape index (κ3) is 3.25. The molecule has 0 unspecified atom stereocenters. The molecule has 146 valence electrons. The summed E-state index contributed by atoms with van der Waals surface area (Å²) in [5.74, 6) is -0.842. The van der Waals surface area contributed by atoms with Crippen LogP contribution in [0.25, 0.3) is 0 Å². The largest absolute Gasteiger partial charge is 0.395 e. The lowest BCUT2D eigenvalue weighted by Gasteiger charge is -2.22. The van der Waals surface area contributed by atoms with Crippen molar-refractivity contribution in [3.05, 3.63) is 70.4 Å². The van der Waals surface area contributed by atoms with Crippen molar-refractivity contribution < 1.29 is 18.3 Å². The SMILES string of the molecule is Cc1ccc(S(=O)(=O)n2cc3c(n2)CN(C(=O)[C@H](CO)c2ccccc2)C3)s1. The highest BCUT2D eigenvalue weighted by Gasteiger charge is 2.33. The number of hydrogen-bond acceptors (Lipinski definition) is 6. The Morgan fingerprint density at radius 2 is 1.96 bits per heavy atom. The molecule has 1 N–H and O–H groups in total. The van der Waals surface area contributed by atoms with Gasteiger partial charge in [0.15, 0.2) is 0 Å². The molecule has 3 aromatic rings. The molecule has 9 heteroatoms. The summed E-state index contributed by atoms with van der Waals surface area (Å²) in [5, 5.41) is 13.9. The van der Waals surface area contributed by atoms with E-state index >= 15 is 0 Å². The molecule has 0 spiro atoms. The highest BCUT2D eigenvalue weighted by molar-refractivity contribution is 7.91. The maximum Gasteiger partial charge on any atom is 0.292 e. The maximum atomic E-state index is 12.9. The highest BCUT2D eigenvalue weighted by atomic mass is 32.2. The van der Waals surface area contributed by atoms with Crippen LogP contribution in [-0.4, -0.2) is 40.1 Å². The standard InChI is InChI=1S/C19H19N3O4S2/c1-13-7-8-18(27-13)28(25,26)22-10-15-9-21(11-17(15)20-22)19(24)16(12-23)14-5-3-2-4-6-14/h2-8,10,16,23H,9,11-12H2,1H3/t16-/m1/s1. The van der Waals surface area contributed by atoms with Crippen LogP contribution < -0.4 is 0 Å². The summed E-state index contributed by atoms with van der Waals surface area (Å²) in [5.41, 5.74) is 2.02. The van der Waals surface area contributed by atoms with Gasteiger partial charge in [-0.25, -0.2) is 0 Å². The first-order chi connectivity index (χ1) is 13.4. The highest BCUT2D eigenvalue weighted by Crippen LogP contribution is 2.29. The number of fused-ring (bicyclic) bond motifs is 1. The number of nitrogens with zero attached hydrogens (tertiary/aromatic N) is 3. The minimum atomic E-state index is -3.72. The third-order valence-electron chi connectivity index (χ3n) is 4.77. The van der Waals surface area contributed by atoms with Crippen molar-refractivity contribution in [3.8, 4) is 0 Å². The predicted molar refractivity (Wildman–Crippen MR) is 104 cm³/mol. The number of benzene rings is 1. The van der Waals surface area contributed by atoms with Gasteiger partial charge in [-0.3, -0.25) is 4.79 Å². The zero-order valence-electron chi connectivity index (χ0n) is 15.1. The number of aliphatic hydroxyl groups is 1. The van der Waals surface area contributed by atoms with E-state index < -0.39 is 15.9 Å². The van der Waals surface area contributed by atoms with Crippen LogP contribution in [0.2, 0.25) is 0 Å². The number of carbonyl (C=O) groups excluding carboxylic acids is 1. The van der Waals surface area contributed by atoms with Gasteiger partial charge in [-0.15, -0.1) is 11.3 Å². The van der Waals surface area contributed by atoms with Gasteiger partial charge in [-0.05, 0) is 24.6 Å². The van der Waals surface area contributed by atoms with E-state index in [-0.39, 0.29) is 29.8 Å². The van der Waals surface area contributed by atoms with Crippen LogP contribution >= 0.6 is 11.3 Å². The molecule has 1 aromatic carbocycles. The van der Waals surface area contributed by atoms with Crippen molar-refractivity contribution in [3.63, 3.8) is 0 Å². The predicted octanol–water partition coefficient (Wildman–Crippen LogP) is 2.11. The summed E-state index contributed by atoms with van der Waals surface area (Å²) in [7, 11) is -3.72. The monoisotopic (exact) mass is 417 g/mol. The molecule has 28 heavy (non-hydrogen) atoms. The molecular formula is C19H19N3O4S2. The molecule has 0 fully saturated rings. The van der Waals surface area contributed by atoms with Gasteiger partial charge in [0.1, 0.15) is 4.21 Å². The smallest absolute Gasteiger partial charge is 0.292 e. The molecule has 0 radical (unpaired) electrons. The third-order valence-corrected chi connectivity index (χ3v) is 7.77. The number of carbonyl (C=O) groups is 1. The first-order valence-corrected chi connectivity index (χ1v) is 11.0. The Bertz CT molecular complexity index is 1100. The second kappa shape index (κ2) is 7.16. The number of aliphatic hydroxyl groups excluding tert-OH is 1. The molecule has 0 saturated heterocycles. The number of aryl methyl sites for hydroxylation is 1. The minimum absolute atomic E-state index is 0.199. The lowest BCUT2D eigenvalue weighted by atomic mass is 9.98. The maximum absolute atomic E-state index is 12.9. The molecule has 7 nitrogen and oxygen atoms in total. The van der Waals surface area contributed by atoms with Crippen molar-refractivity contribution in [2.75, 3.05) is 6.61 Å². The van der Waals surface area contributed by atoms with E-state index in [4.69, 9.17) is 0 Å². The van der Waals surface area contributed by atoms with Gasteiger partial charge in [0.05, 0.1) is 24.8 Å². The van der Waals surface area contributed by atoms with Crippen LogP contribution in [0.1, 0.15) is 27.6 Å². The molecule has 1 aliphatic rings.